The Morgan fingerprint density at radius 1 is 1.30 bits per heavy atom. The molecule has 1 aromatic rings. The lowest BCUT2D eigenvalue weighted by Gasteiger charge is -2.21. The molecule has 2 fully saturated rings. The number of amides is 1. The molecule has 2 aliphatic rings. The standard InChI is InChI=1S/C17H27N3O2S/c1-11-16(17(22)19-10-13-2-3-14(21)8-13)23-15(20-11)9-12-4-6-18-7-5-12/h12-14,18,21H,2-10H2,1H3,(H,19,22). The topological polar surface area (TPSA) is 74.2 Å². The number of nitrogens with one attached hydrogen (secondary N) is 2. The summed E-state index contributed by atoms with van der Waals surface area (Å²) in [6.07, 6.45) is 5.88. The zero-order valence-electron chi connectivity index (χ0n) is 13.8. The summed E-state index contributed by atoms with van der Waals surface area (Å²) >= 11 is 1.55. The van der Waals surface area contributed by atoms with Gasteiger partial charge in [0.2, 0.25) is 0 Å². The number of thiazole rings is 1. The maximum Gasteiger partial charge on any atom is 0.263 e. The van der Waals surface area contributed by atoms with Crippen molar-refractivity contribution in [1.82, 2.24) is 15.6 Å². The summed E-state index contributed by atoms with van der Waals surface area (Å²) in [5.41, 5.74) is 0.850. The fraction of sp³-hybridized carbons (Fsp3) is 0.765. The van der Waals surface area contributed by atoms with Crippen LogP contribution in [0.2, 0.25) is 0 Å². The van der Waals surface area contributed by atoms with Crippen molar-refractivity contribution in [2.75, 3.05) is 19.6 Å². The molecule has 3 N–H and O–H groups in total. The molecule has 128 valence electrons. The van der Waals surface area contributed by atoms with Crippen LogP contribution in [0, 0.1) is 18.8 Å². The van der Waals surface area contributed by atoms with E-state index < -0.39 is 0 Å². The largest absolute Gasteiger partial charge is 0.393 e. The van der Waals surface area contributed by atoms with Crippen LogP contribution in [0.1, 0.15) is 52.5 Å². The van der Waals surface area contributed by atoms with Crippen molar-refractivity contribution in [2.24, 2.45) is 11.8 Å². The van der Waals surface area contributed by atoms with Crippen molar-refractivity contribution in [3.8, 4) is 0 Å². The van der Waals surface area contributed by atoms with Gasteiger partial charge in [0.15, 0.2) is 0 Å². The molecule has 1 aromatic heterocycles. The van der Waals surface area contributed by atoms with E-state index in [9.17, 15) is 9.90 Å². The van der Waals surface area contributed by atoms with Crippen LogP contribution >= 0.6 is 11.3 Å². The van der Waals surface area contributed by atoms with Crippen LogP contribution in [0.25, 0.3) is 0 Å². The van der Waals surface area contributed by atoms with E-state index in [-0.39, 0.29) is 12.0 Å². The van der Waals surface area contributed by atoms with Gasteiger partial charge in [-0.3, -0.25) is 4.79 Å². The van der Waals surface area contributed by atoms with E-state index in [0.717, 1.165) is 54.4 Å². The first-order valence-corrected chi connectivity index (χ1v) is 9.56. The molecule has 0 bridgehead atoms. The van der Waals surface area contributed by atoms with Gasteiger partial charge in [-0.25, -0.2) is 4.98 Å². The number of hydrogen-bond donors (Lipinski definition) is 3. The Labute approximate surface area is 141 Å². The maximum atomic E-state index is 12.4. The fourth-order valence-corrected chi connectivity index (χ4v) is 4.73. The Balaban J connectivity index is 1.53. The maximum absolute atomic E-state index is 12.4. The number of aromatic nitrogens is 1. The van der Waals surface area contributed by atoms with Crippen molar-refractivity contribution >= 4 is 17.2 Å². The minimum atomic E-state index is -0.182. The Morgan fingerprint density at radius 3 is 2.78 bits per heavy atom. The monoisotopic (exact) mass is 337 g/mol. The lowest BCUT2D eigenvalue weighted by Crippen LogP contribution is -2.28. The Kier molecular flexibility index (Phi) is 5.67. The highest BCUT2D eigenvalue weighted by molar-refractivity contribution is 7.13. The van der Waals surface area contributed by atoms with E-state index in [4.69, 9.17) is 0 Å². The number of nitrogens with zero attached hydrogens (tertiary/aromatic N) is 1. The average molecular weight is 337 g/mol. The number of aliphatic hydroxyl groups excluding tert-OH is 1. The van der Waals surface area contributed by atoms with Crippen LogP contribution in [0.3, 0.4) is 0 Å². The van der Waals surface area contributed by atoms with Crippen LogP contribution < -0.4 is 10.6 Å². The predicted molar refractivity (Wildman–Crippen MR) is 91.8 cm³/mol. The Hall–Kier alpha value is -0.980. The average Bonchev–Trinajstić information content (AvgIpc) is 3.12. The molecule has 1 amide bonds. The molecule has 2 atom stereocenters. The second kappa shape index (κ2) is 7.73. The number of aryl methyl sites for hydroxylation is 1. The van der Waals surface area contributed by atoms with Gasteiger partial charge in [0.1, 0.15) is 4.88 Å². The lowest BCUT2D eigenvalue weighted by molar-refractivity contribution is 0.0948. The molecule has 1 aliphatic heterocycles. The molecule has 2 heterocycles. The summed E-state index contributed by atoms with van der Waals surface area (Å²) in [5.74, 6) is 1.10. The van der Waals surface area contributed by atoms with Gasteiger partial charge in [-0.15, -0.1) is 11.3 Å². The molecular formula is C17H27N3O2S. The Bertz CT molecular complexity index is 540. The molecule has 0 radical (unpaired) electrons. The molecule has 3 rings (SSSR count). The number of piperidine rings is 1. The molecule has 0 aromatic carbocycles. The van der Waals surface area contributed by atoms with Gasteiger partial charge in [-0.1, -0.05) is 0 Å². The molecule has 0 spiro atoms. The smallest absolute Gasteiger partial charge is 0.263 e. The Morgan fingerprint density at radius 2 is 2.09 bits per heavy atom. The van der Waals surface area contributed by atoms with E-state index in [1.54, 1.807) is 11.3 Å². The van der Waals surface area contributed by atoms with Crippen molar-refractivity contribution in [3.05, 3.63) is 15.6 Å². The second-order valence-corrected chi connectivity index (χ2v) is 8.05. The molecule has 5 nitrogen and oxygen atoms in total. The van der Waals surface area contributed by atoms with Crippen LogP contribution in [-0.4, -0.2) is 41.7 Å². The minimum Gasteiger partial charge on any atom is -0.393 e. The summed E-state index contributed by atoms with van der Waals surface area (Å²) in [4.78, 5) is 17.8. The van der Waals surface area contributed by atoms with E-state index in [1.807, 2.05) is 6.92 Å². The molecular weight excluding hydrogens is 310 g/mol. The molecule has 2 unspecified atom stereocenters. The number of hydrogen-bond acceptors (Lipinski definition) is 5. The predicted octanol–water partition coefficient (Wildman–Crippen LogP) is 1.88. The quantitative estimate of drug-likeness (QED) is 0.767. The number of carbonyl (C=O) groups excluding carboxylic acids is 1. The zero-order valence-corrected chi connectivity index (χ0v) is 14.6. The third-order valence-corrected chi connectivity index (χ3v) is 6.21. The number of rotatable bonds is 5. The van der Waals surface area contributed by atoms with E-state index in [2.05, 4.69) is 15.6 Å². The molecule has 6 heteroatoms. The van der Waals surface area contributed by atoms with E-state index in [0.29, 0.717) is 18.4 Å². The summed E-state index contributed by atoms with van der Waals surface area (Å²) in [7, 11) is 0. The van der Waals surface area contributed by atoms with Crippen molar-refractivity contribution < 1.29 is 9.90 Å². The van der Waals surface area contributed by atoms with Gasteiger partial charge >= 0.3 is 0 Å². The number of carbonyl (C=O) groups is 1. The first kappa shape index (κ1) is 16.9. The minimum absolute atomic E-state index is 0.00190. The molecule has 23 heavy (non-hydrogen) atoms. The van der Waals surface area contributed by atoms with Gasteiger partial charge in [-0.2, -0.15) is 0 Å². The normalized spacial score (nSPS) is 25.7. The second-order valence-electron chi connectivity index (χ2n) is 6.96. The van der Waals surface area contributed by atoms with Gasteiger partial charge in [0, 0.05) is 13.0 Å². The van der Waals surface area contributed by atoms with Crippen LogP contribution in [0.5, 0.6) is 0 Å². The van der Waals surface area contributed by atoms with Gasteiger partial charge in [0.25, 0.3) is 5.91 Å². The summed E-state index contributed by atoms with van der Waals surface area (Å²) in [6.45, 7) is 4.78. The third-order valence-electron chi connectivity index (χ3n) is 5.03. The first-order valence-electron chi connectivity index (χ1n) is 8.75. The SMILES string of the molecule is Cc1nc(CC2CCNCC2)sc1C(=O)NCC1CCC(O)C1. The van der Waals surface area contributed by atoms with Crippen molar-refractivity contribution in [2.45, 2.75) is 51.6 Å². The third kappa shape index (κ3) is 4.52. The molecule has 1 aliphatic carbocycles. The van der Waals surface area contributed by atoms with E-state index >= 15 is 0 Å². The van der Waals surface area contributed by atoms with Crippen LogP contribution in [0.4, 0.5) is 0 Å². The van der Waals surface area contributed by atoms with Gasteiger partial charge < -0.3 is 15.7 Å². The number of aliphatic hydroxyl groups is 1. The van der Waals surface area contributed by atoms with E-state index in [1.165, 1.54) is 12.8 Å². The van der Waals surface area contributed by atoms with Gasteiger partial charge in [-0.05, 0) is 64.0 Å². The summed E-state index contributed by atoms with van der Waals surface area (Å²) < 4.78 is 0. The molecule has 1 saturated carbocycles. The highest BCUT2D eigenvalue weighted by Gasteiger charge is 2.24. The van der Waals surface area contributed by atoms with Crippen LogP contribution in [0.15, 0.2) is 0 Å². The lowest BCUT2D eigenvalue weighted by atomic mass is 9.95. The van der Waals surface area contributed by atoms with Crippen molar-refractivity contribution in [3.63, 3.8) is 0 Å². The first-order chi connectivity index (χ1) is 11.1. The highest BCUT2D eigenvalue weighted by atomic mass is 32.1. The van der Waals surface area contributed by atoms with Gasteiger partial charge in [0.05, 0.1) is 16.8 Å². The summed E-state index contributed by atoms with van der Waals surface area (Å²) in [5, 5.41) is 17.1. The fourth-order valence-electron chi connectivity index (χ4n) is 3.63. The van der Waals surface area contributed by atoms with Crippen molar-refractivity contribution in [1.29, 1.82) is 0 Å². The zero-order chi connectivity index (χ0) is 16.2. The molecule has 1 saturated heterocycles. The highest BCUT2D eigenvalue weighted by Crippen LogP contribution is 2.26. The summed E-state index contributed by atoms with van der Waals surface area (Å²) in [6, 6.07) is 0. The van der Waals surface area contributed by atoms with Crippen LogP contribution in [-0.2, 0) is 6.42 Å².